The molecule has 0 saturated carbocycles. The third-order valence-electron chi connectivity index (χ3n) is 13.1. The molecular weight excluding hydrogens is 983 g/mol. The molecule has 10 atom stereocenters. The Morgan fingerprint density at radius 1 is 0.600 bits per heavy atom. The minimum absolute atomic E-state index is 0.0305. The van der Waals surface area contributed by atoms with E-state index in [-0.39, 0.29) is 38.0 Å². The number of aromatic hydroxyl groups is 1. The molecule has 10 unspecified atom stereocenters. The van der Waals surface area contributed by atoms with Gasteiger partial charge in [-0.25, -0.2) is 0 Å². The Morgan fingerprint density at radius 3 is 1.57 bits per heavy atom. The summed E-state index contributed by atoms with van der Waals surface area (Å²) in [5.41, 5.74) is 16.8. The van der Waals surface area contributed by atoms with Crippen LogP contribution in [-0.4, -0.2) is 152 Å². The summed E-state index contributed by atoms with van der Waals surface area (Å²) in [6.07, 6.45) is 0.823. The summed E-state index contributed by atoms with van der Waals surface area (Å²) in [4.78, 5) is 163. The van der Waals surface area contributed by atoms with Crippen molar-refractivity contribution in [2.45, 2.75) is 184 Å². The Morgan fingerprint density at radius 2 is 1.05 bits per heavy atom. The number of carbonyl (C=O) groups is 12. The molecule has 16 N–H and O–H groups in total. The van der Waals surface area contributed by atoms with E-state index in [1.54, 1.807) is 0 Å². The van der Waals surface area contributed by atoms with Crippen molar-refractivity contribution in [1.82, 2.24) is 42.1 Å². The minimum Gasteiger partial charge on any atom is -0.508 e. The molecule has 2 heterocycles. The van der Waals surface area contributed by atoms with Gasteiger partial charge in [-0.05, 0) is 56.2 Å². The van der Waals surface area contributed by atoms with Crippen LogP contribution in [0.1, 0.15) is 129 Å². The van der Waals surface area contributed by atoms with Crippen LogP contribution in [0.3, 0.4) is 0 Å². The molecule has 0 aromatic heterocycles. The maximum Gasteiger partial charge on any atom is 0.303 e. The van der Waals surface area contributed by atoms with Crippen LogP contribution in [0.15, 0.2) is 24.3 Å². The number of aliphatic hydroxyl groups is 1. The van der Waals surface area contributed by atoms with Gasteiger partial charge in [0.05, 0.1) is 25.4 Å². The number of fused-ring (bicyclic) bond motifs is 1. The SMILES string of the molecule is CCC(C)CCCCCCCCC1NC(=O)C(C(C)O)NC(=O)C(CC(N)=O)NC(=O)C2CCCN2C(=O)C(CCC(=O)O)NC(=O)C(CC(N)=O)NC(=O)C(Cc2ccc(O)cc2)NC(=O)C(CC(N)=O)NC1=O. The van der Waals surface area contributed by atoms with Gasteiger partial charge in [0.15, 0.2) is 0 Å². The Balaban J connectivity index is 2.17. The van der Waals surface area contributed by atoms with Crippen LogP contribution in [-0.2, 0) is 64.0 Å². The molecule has 2 saturated heterocycles. The van der Waals surface area contributed by atoms with Gasteiger partial charge in [0.1, 0.15) is 54.1 Å². The van der Waals surface area contributed by atoms with Gasteiger partial charge in [0.2, 0.25) is 65.0 Å². The van der Waals surface area contributed by atoms with E-state index < -0.39 is 157 Å². The Hall–Kier alpha value is -7.38. The van der Waals surface area contributed by atoms with Crippen LogP contribution in [0.2, 0.25) is 0 Å². The summed E-state index contributed by atoms with van der Waals surface area (Å²) in [7, 11) is 0. The molecule has 3 rings (SSSR count). The van der Waals surface area contributed by atoms with Gasteiger partial charge in [-0.1, -0.05) is 77.3 Å². The molecule has 1 aromatic carbocycles. The summed E-state index contributed by atoms with van der Waals surface area (Å²) < 4.78 is 0. The molecule has 26 heteroatoms. The van der Waals surface area contributed by atoms with E-state index in [0.717, 1.165) is 50.3 Å². The summed E-state index contributed by atoms with van der Waals surface area (Å²) in [5.74, 6) is -13.2. The van der Waals surface area contributed by atoms with Crippen molar-refractivity contribution >= 4 is 70.9 Å². The number of phenolic OH excluding ortho intramolecular Hbond substituents is 1. The van der Waals surface area contributed by atoms with Gasteiger partial charge in [-0.15, -0.1) is 0 Å². The van der Waals surface area contributed by atoms with E-state index in [1.165, 1.54) is 24.3 Å². The lowest BCUT2D eigenvalue weighted by Gasteiger charge is -2.31. The molecule has 11 amide bonds. The van der Waals surface area contributed by atoms with Crippen LogP contribution < -0.4 is 54.4 Å². The van der Waals surface area contributed by atoms with Crippen molar-refractivity contribution < 1.29 is 72.9 Å². The van der Waals surface area contributed by atoms with E-state index >= 15 is 0 Å². The molecule has 0 aliphatic carbocycles. The number of carboxylic acid groups (broad SMARTS) is 1. The number of rotatable bonds is 22. The number of carbonyl (C=O) groups excluding carboxylic acids is 11. The smallest absolute Gasteiger partial charge is 0.303 e. The fraction of sp³-hybridized carbons (Fsp3) is 0.633. The zero-order valence-corrected chi connectivity index (χ0v) is 42.7. The van der Waals surface area contributed by atoms with E-state index in [0.29, 0.717) is 24.3 Å². The number of carboxylic acids is 1. The average Bonchev–Trinajstić information content (AvgIpc) is 3.84. The van der Waals surface area contributed by atoms with Gasteiger partial charge in [0.25, 0.3) is 0 Å². The molecule has 0 spiro atoms. The van der Waals surface area contributed by atoms with Crippen molar-refractivity contribution in [2.24, 2.45) is 23.1 Å². The number of nitrogens with zero attached hydrogens (tertiary/aromatic N) is 1. The van der Waals surface area contributed by atoms with Crippen LogP contribution in [0, 0.1) is 5.92 Å². The standard InChI is InChI=1S/C49H75N11O15/c1-4-26(2)12-9-7-5-6-8-10-13-30-42(68)56-34(24-38(51)64)45(71)55-32(22-28-15-17-29(62)18-16-28)43(69)57-33(23-37(50)63)44(70)54-31(19-20-40(66)67)49(75)60-21-11-14-36(60)47(73)58-35(25-39(52)65)46(72)59-41(27(3)61)48(74)53-30/h15-18,26-27,30-36,41,61-62H,4-14,19-25H2,1-3H3,(H2,50,63)(H2,51,64)(H2,52,65)(H,53,74)(H,54,70)(H,55,71)(H,56,68)(H,57,69)(H,58,73)(H,59,72)(H,66,67). The maximum absolute atomic E-state index is 14.3. The molecular formula is C49H75N11O15. The number of aliphatic hydroxyl groups excluding tert-OH is 1. The third-order valence-corrected chi connectivity index (χ3v) is 13.1. The molecule has 75 heavy (non-hydrogen) atoms. The first-order valence-electron chi connectivity index (χ1n) is 25.4. The molecule has 26 nitrogen and oxygen atoms in total. The lowest BCUT2D eigenvalue weighted by atomic mass is 9.99. The number of hydrogen-bond donors (Lipinski definition) is 13. The molecule has 2 aliphatic rings. The molecule has 1 aromatic rings. The third kappa shape index (κ3) is 21.2. The highest BCUT2D eigenvalue weighted by molar-refractivity contribution is 6.01. The fourth-order valence-corrected chi connectivity index (χ4v) is 8.64. The van der Waals surface area contributed by atoms with Gasteiger partial charge >= 0.3 is 5.97 Å². The van der Waals surface area contributed by atoms with Crippen molar-refractivity contribution in [3.8, 4) is 5.75 Å². The molecule has 2 aliphatic heterocycles. The van der Waals surface area contributed by atoms with Crippen molar-refractivity contribution in [3.05, 3.63) is 29.8 Å². The maximum atomic E-state index is 14.3. The molecule has 0 radical (unpaired) electrons. The highest BCUT2D eigenvalue weighted by Gasteiger charge is 2.41. The van der Waals surface area contributed by atoms with Crippen molar-refractivity contribution in [3.63, 3.8) is 0 Å². The largest absolute Gasteiger partial charge is 0.508 e. The fourth-order valence-electron chi connectivity index (χ4n) is 8.64. The minimum atomic E-state index is -1.90. The van der Waals surface area contributed by atoms with E-state index in [9.17, 15) is 72.9 Å². The summed E-state index contributed by atoms with van der Waals surface area (Å²) in [6.45, 7) is 5.31. The number of primary amides is 3. The lowest BCUT2D eigenvalue weighted by molar-refractivity contribution is -0.144. The summed E-state index contributed by atoms with van der Waals surface area (Å²) in [5, 5.41) is 47.0. The summed E-state index contributed by atoms with van der Waals surface area (Å²) in [6, 6.07) is -8.42. The topological polar surface area (TPSA) is 431 Å². The number of unbranched alkanes of at least 4 members (excludes halogenated alkanes) is 5. The van der Waals surface area contributed by atoms with E-state index in [4.69, 9.17) is 17.2 Å². The Kier molecular flexibility index (Phi) is 25.4. The first-order chi connectivity index (χ1) is 35.4. The van der Waals surface area contributed by atoms with Crippen LogP contribution >= 0.6 is 0 Å². The van der Waals surface area contributed by atoms with Gasteiger partial charge in [-0.2, -0.15) is 0 Å². The van der Waals surface area contributed by atoms with E-state index in [1.807, 2.05) is 0 Å². The van der Waals surface area contributed by atoms with Crippen molar-refractivity contribution in [1.29, 1.82) is 0 Å². The number of benzene rings is 1. The average molecular weight is 1060 g/mol. The Bertz CT molecular complexity index is 2210. The zero-order valence-electron chi connectivity index (χ0n) is 42.7. The predicted molar refractivity (Wildman–Crippen MR) is 266 cm³/mol. The highest BCUT2D eigenvalue weighted by atomic mass is 16.4. The van der Waals surface area contributed by atoms with E-state index in [2.05, 4.69) is 51.1 Å². The second-order valence-electron chi connectivity index (χ2n) is 19.3. The number of nitrogens with one attached hydrogen (secondary N) is 7. The second-order valence-corrected chi connectivity index (χ2v) is 19.3. The normalized spacial score (nSPS) is 24.6. The second kappa shape index (κ2) is 30.7. The van der Waals surface area contributed by atoms with Gasteiger partial charge in [-0.3, -0.25) is 57.5 Å². The number of aliphatic carboxylic acids is 1. The Labute approximate surface area is 434 Å². The number of hydrogen-bond acceptors (Lipinski definition) is 14. The number of amides is 11. The number of phenols is 1. The van der Waals surface area contributed by atoms with Gasteiger partial charge < -0.3 is 74.6 Å². The first kappa shape index (κ1) is 61.9. The number of nitrogens with two attached hydrogens (primary N) is 3. The van der Waals surface area contributed by atoms with Crippen molar-refractivity contribution in [2.75, 3.05) is 6.54 Å². The van der Waals surface area contributed by atoms with Gasteiger partial charge in [0, 0.05) is 19.4 Å². The molecule has 416 valence electrons. The van der Waals surface area contributed by atoms with Crippen LogP contribution in [0.5, 0.6) is 5.75 Å². The van der Waals surface area contributed by atoms with Crippen LogP contribution in [0.4, 0.5) is 0 Å². The predicted octanol–water partition coefficient (Wildman–Crippen LogP) is -2.63. The molecule has 0 bridgehead atoms. The first-order valence-corrected chi connectivity index (χ1v) is 25.4. The quantitative estimate of drug-likeness (QED) is 0.0529. The monoisotopic (exact) mass is 1060 g/mol. The molecule has 2 fully saturated rings. The zero-order chi connectivity index (χ0) is 55.9. The lowest BCUT2D eigenvalue weighted by Crippen LogP contribution is -2.63. The van der Waals surface area contributed by atoms with Crippen LogP contribution in [0.25, 0.3) is 0 Å². The summed E-state index contributed by atoms with van der Waals surface area (Å²) >= 11 is 0. The highest BCUT2D eigenvalue weighted by Crippen LogP contribution is 2.21.